The molecule has 0 aliphatic rings. The first-order valence-electron chi connectivity index (χ1n) is 5.79. The van der Waals surface area contributed by atoms with Crippen LogP contribution in [0.4, 0.5) is 5.69 Å². The number of hydrogen-bond acceptors (Lipinski definition) is 5. The second-order valence-corrected chi connectivity index (χ2v) is 6.37. The Morgan fingerprint density at radius 2 is 1.84 bits per heavy atom. The molecule has 0 amide bonds. The summed E-state index contributed by atoms with van der Waals surface area (Å²) in [5.74, 6) is -0.704. The van der Waals surface area contributed by atoms with Gasteiger partial charge in [0, 0.05) is 12.1 Å². The first-order valence-corrected chi connectivity index (χ1v) is 7.62. The topological polar surface area (TPSA) is 107 Å². The van der Waals surface area contributed by atoms with Crippen LogP contribution in [0, 0.1) is 0 Å². The van der Waals surface area contributed by atoms with E-state index in [2.05, 4.69) is 0 Å². The zero-order valence-corrected chi connectivity index (χ0v) is 11.2. The third kappa shape index (κ3) is 6.66. The minimum absolute atomic E-state index is 0.0410. The lowest BCUT2D eigenvalue weighted by Gasteiger charge is -2.07. The highest BCUT2D eigenvalue weighted by Gasteiger charge is 2.12. The number of anilines is 1. The smallest absolute Gasteiger partial charge is 0.303 e. The third-order valence-corrected chi connectivity index (χ3v) is 4.09. The molecule has 0 fully saturated rings. The summed E-state index contributed by atoms with van der Waals surface area (Å²) in [6.45, 7) is 0.0410. The molecule has 3 N–H and O–H groups in total. The van der Waals surface area contributed by atoms with Gasteiger partial charge >= 0.3 is 5.97 Å². The number of nitrogens with two attached hydrogens (primary N) is 1. The largest absolute Gasteiger partial charge is 0.493 e. The number of sulfone groups is 1. The fourth-order valence-corrected chi connectivity index (χ4v) is 2.52. The number of ether oxygens (including phenoxy) is 1. The van der Waals surface area contributed by atoms with Gasteiger partial charge in [0.05, 0.1) is 11.5 Å². The number of aliphatic carboxylic acids is 1. The van der Waals surface area contributed by atoms with Crippen LogP contribution in [0.15, 0.2) is 24.3 Å². The number of hydrogen-bond donors (Lipinski definition) is 2. The monoisotopic (exact) mass is 287 g/mol. The fourth-order valence-electron chi connectivity index (χ4n) is 1.40. The minimum atomic E-state index is -3.27. The van der Waals surface area contributed by atoms with Crippen LogP contribution in [-0.4, -0.2) is 37.6 Å². The van der Waals surface area contributed by atoms with Gasteiger partial charge in [-0.2, -0.15) is 0 Å². The molecule has 19 heavy (non-hydrogen) atoms. The normalized spacial score (nSPS) is 11.2. The molecule has 0 unspecified atom stereocenters. The number of rotatable bonds is 8. The van der Waals surface area contributed by atoms with Crippen LogP contribution < -0.4 is 10.5 Å². The Morgan fingerprint density at radius 3 is 2.42 bits per heavy atom. The molecular formula is C12H17NO5S. The van der Waals surface area contributed by atoms with Crippen LogP contribution in [-0.2, 0) is 14.6 Å². The van der Waals surface area contributed by atoms with Gasteiger partial charge in [-0.3, -0.25) is 4.79 Å². The highest BCUT2D eigenvalue weighted by molar-refractivity contribution is 7.91. The quantitative estimate of drug-likeness (QED) is 0.689. The van der Waals surface area contributed by atoms with E-state index in [1.54, 1.807) is 24.3 Å². The van der Waals surface area contributed by atoms with E-state index in [1.165, 1.54) is 0 Å². The van der Waals surface area contributed by atoms with E-state index < -0.39 is 15.8 Å². The molecule has 0 aliphatic heterocycles. The van der Waals surface area contributed by atoms with Crippen molar-refractivity contribution in [3.63, 3.8) is 0 Å². The summed E-state index contributed by atoms with van der Waals surface area (Å²) >= 11 is 0. The molecule has 0 saturated carbocycles. The second-order valence-electron chi connectivity index (χ2n) is 4.07. The maximum absolute atomic E-state index is 11.6. The van der Waals surface area contributed by atoms with Gasteiger partial charge in [0.25, 0.3) is 0 Å². The molecule has 1 aromatic carbocycles. The Labute approximate surface area is 112 Å². The molecule has 6 nitrogen and oxygen atoms in total. The van der Waals surface area contributed by atoms with Gasteiger partial charge in [0.15, 0.2) is 9.84 Å². The lowest BCUT2D eigenvalue weighted by Crippen LogP contribution is -2.17. The number of nitrogen functional groups attached to an aromatic ring is 1. The minimum Gasteiger partial charge on any atom is -0.493 e. The van der Waals surface area contributed by atoms with E-state index in [0.717, 1.165) is 0 Å². The second kappa shape index (κ2) is 6.98. The molecule has 1 rings (SSSR count). The van der Waals surface area contributed by atoms with Gasteiger partial charge in [-0.25, -0.2) is 8.42 Å². The van der Waals surface area contributed by atoms with Crippen molar-refractivity contribution in [1.82, 2.24) is 0 Å². The predicted octanol–water partition coefficient (Wildman–Crippen LogP) is 0.927. The van der Waals surface area contributed by atoms with Crippen LogP contribution >= 0.6 is 0 Å². The van der Waals surface area contributed by atoms with Gasteiger partial charge in [0.2, 0.25) is 0 Å². The van der Waals surface area contributed by atoms with Crippen molar-refractivity contribution in [2.24, 2.45) is 0 Å². The van der Waals surface area contributed by atoms with Crippen molar-refractivity contribution >= 4 is 21.5 Å². The fraction of sp³-hybridized carbons (Fsp3) is 0.417. The maximum atomic E-state index is 11.6. The number of benzene rings is 1. The molecule has 0 heterocycles. The molecule has 0 radical (unpaired) electrons. The van der Waals surface area contributed by atoms with E-state index in [9.17, 15) is 13.2 Å². The van der Waals surface area contributed by atoms with Crippen molar-refractivity contribution in [3.8, 4) is 5.75 Å². The molecule has 0 aliphatic carbocycles. The zero-order chi connectivity index (χ0) is 14.3. The molecule has 106 valence electrons. The van der Waals surface area contributed by atoms with Gasteiger partial charge < -0.3 is 15.6 Å². The standard InChI is InChI=1S/C12H17NO5S/c13-10-3-5-11(6-4-10)18-7-9-19(16,17)8-1-2-12(14)15/h3-6H,1-2,7-9,13H2,(H,14,15). The summed E-state index contributed by atoms with van der Waals surface area (Å²) in [5.41, 5.74) is 6.11. The van der Waals surface area contributed by atoms with E-state index in [0.29, 0.717) is 11.4 Å². The van der Waals surface area contributed by atoms with Crippen LogP contribution in [0.1, 0.15) is 12.8 Å². The average molecular weight is 287 g/mol. The van der Waals surface area contributed by atoms with Crippen LogP contribution in [0.2, 0.25) is 0 Å². The first-order chi connectivity index (χ1) is 8.89. The van der Waals surface area contributed by atoms with Gasteiger partial charge in [-0.15, -0.1) is 0 Å². The third-order valence-electron chi connectivity index (χ3n) is 2.39. The van der Waals surface area contributed by atoms with Crippen LogP contribution in [0.3, 0.4) is 0 Å². The Morgan fingerprint density at radius 1 is 1.21 bits per heavy atom. The number of carboxylic acid groups (broad SMARTS) is 1. The summed E-state index contributed by atoms with van der Waals surface area (Å²) < 4.78 is 28.4. The highest BCUT2D eigenvalue weighted by Crippen LogP contribution is 2.13. The Bertz CT molecular complexity index is 509. The molecular weight excluding hydrogens is 270 g/mol. The summed E-state index contributed by atoms with van der Waals surface area (Å²) in [7, 11) is -3.27. The molecule has 1 aromatic rings. The highest BCUT2D eigenvalue weighted by atomic mass is 32.2. The van der Waals surface area contributed by atoms with E-state index in [-0.39, 0.29) is 31.0 Å². The first kappa shape index (κ1) is 15.3. The molecule has 7 heteroatoms. The molecule has 0 bridgehead atoms. The van der Waals surface area contributed by atoms with Crippen LogP contribution in [0.25, 0.3) is 0 Å². The van der Waals surface area contributed by atoms with Gasteiger partial charge in [-0.05, 0) is 30.7 Å². The zero-order valence-electron chi connectivity index (χ0n) is 10.4. The van der Waals surface area contributed by atoms with Crippen molar-refractivity contribution in [2.75, 3.05) is 23.8 Å². The molecule has 0 saturated heterocycles. The van der Waals surface area contributed by atoms with Crippen molar-refractivity contribution in [2.45, 2.75) is 12.8 Å². The lowest BCUT2D eigenvalue weighted by atomic mass is 10.3. The summed E-state index contributed by atoms with van der Waals surface area (Å²) in [4.78, 5) is 10.3. The van der Waals surface area contributed by atoms with Crippen molar-refractivity contribution < 1.29 is 23.1 Å². The van der Waals surface area contributed by atoms with E-state index >= 15 is 0 Å². The molecule has 0 spiro atoms. The molecule has 0 atom stereocenters. The Kier molecular flexibility index (Phi) is 5.62. The number of carbonyl (C=O) groups is 1. The van der Waals surface area contributed by atoms with E-state index in [1.807, 2.05) is 0 Å². The maximum Gasteiger partial charge on any atom is 0.303 e. The summed E-state index contributed by atoms with van der Waals surface area (Å²) in [5, 5.41) is 8.43. The Balaban J connectivity index is 2.31. The van der Waals surface area contributed by atoms with Crippen molar-refractivity contribution in [1.29, 1.82) is 0 Å². The summed E-state index contributed by atoms with van der Waals surface area (Å²) in [6.07, 6.45) is -0.0163. The van der Waals surface area contributed by atoms with Crippen molar-refractivity contribution in [3.05, 3.63) is 24.3 Å². The average Bonchev–Trinajstić information content (AvgIpc) is 2.30. The summed E-state index contributed by atoms with van der Waals surface area (Å²) in [6, 6.07) is 6.64. The van der Waals surface area contributed by atoms with Crippen LogP contribution in [0.5, 0.6) is 5.75 Å². The number of carboxylic acids is 1. The van der Waals surface area contributed by atoms with E-state index in [4.69, 9.17) is 15.6 Å². The van der Waals surface area contributed by atoms with Gasteiger partial charge in [0.1, 0.15) is 12.4 Å². The SMILES string of the molecule is Nc1ccc(OCCS(=O)(=O)CCCC(=O)O)cc1. The Hall–Kier alpha value is -1.76. The predicted molar refractivity (Wildman–Crippen MR) is 71.9 cm³/mol. The molecule has 0 aromatic heterocycles. The lowest BCUT2D eigenvalue weighted by molar-refractivity contribution is -0.137. The van der Waals surface area contributed by atoms with Gasteiger partial charge in [-0.1, -0.05) is 0 Å².